The Morgan fingerprint density at radius 1 is 0.724 bits per heavy atom. The summed E-state index contributed by atoms with van der Waals surface area (Å²) < 4.78 is 18.9. The van der Waals surface area contributed by atoms with Crippen LogP contribution in [-0.2, 0) is 0 Å². The Hall–Kier alpha value is -2.24. The number of benzene rings is 3. The van der Waals surface area contributed by atoms with Crippen molar-refractivity contribution in [1.29, 1.82) is 0 Å². The second-order valence-corrected chi connectivity index (χ2v) is 12.9. The third-order valence-corrected chi connectivity index (χ3v) is 10.8. The van der Waals surface area contributed by atoms with Gasteiger partial charge in [0.1, 0.15) is 21.7 Å². The van der Waals surface area contributed by atoms with E-state index in [2.05, 4.69) is 85.2 Å². The minimum absolute atomic E-state index is 0.122. The number of methoxy groups -OCH3 is 2. The van der Waals surface area contributed by atoms with E-state index in [0.29, 0.717) is 11.5 Å². The minimum atomic E-state index is -2.71. The van der Waals surface area contributed by atoms with Gasteiger partial charge in [-0.1, -0.05) is 81.4 Å². The van der Waals surface area contributed by atoms with E-state index in [1.165, 1.54) is 10.4 Å². The number of hydrogen-bond donors (Lipinski definition) is 0. The molecule has 5 heteroatoms. The summed E-state index contributed by atoms with van der Waals surface area (Å²) in [6, 6.07) is 25.0. The van der Waals surface area contributed by atoms with Gasteiger partial charge in [0.15, 0.2) is 0 Å². The number of hydrogen-bond acceptors (Lipinski definition) is 3. The highest BCUT2D eigenvalue weighted by molar-refractivity contribution is 9.10. The Balaban J connectivity index is 2.27. The van der Waals surface area contributed by atoms with E-state index in [4.69, 9.17) is 13.9 Å². The average Bonchev–Trinajstić information content (AvgIpc) is 2.73. The van der Waals surface area contributed by atoms with Crippen molar-refractivity contribution in [3.63, 3.8) is 0 Å². The molecule has 0 aliphatic heterocycles. The summed E-state index contributed by atoms with van der Waals surface area (Å²) in [6.07, 6.45) is 0. The van der Waals surface area contributed by atoms with Gasteiger partial charge in [0.05, 0.1) is 14.2 Å². The Morgan fingerprint density at radius 2 is 1.14 bits per heavy atom. The molecule has 3 aromatic carbocycles. The number of ether oxygens (including phenoxy) is 2. The summed E-state index contributed by atoms with van der Waals surface area (Å²) in [4.78, 5) is 0. The number of rotatable bonds is 6. The first kappa shape index (κ1) is 21.5. The van der Waals surface area contributed by atoms with Crippen molar-refractivity contribution in [2.24, 2.45) is 0 Å². The van der Waals surface area contributed by atoms with Crippen molar-refractivity contribution in [3.05, 3.63) is 77.3 Å². The molecular formula is C24H27BrO3Si. The Bertz CT molecular complexity index is 888. The van der Waals surface area contributed by atoms with Crippen LogP contribution in [0.25, 0.3) is 0 Å². The van der Waals surface area contributed by atoms with Crippen LogP contribution in [-0.4, -0.2) is 22.5 Å². The molecule has 0 saturated carbocycles. The quantitative estimate of drug-likeness (QED) is 0.451. The van der Waals surface area contributed by atoms with E-state index in [9.17, 15) is 0 Å². The molecule has 0 unspecified atom stereocenters. The molecule has 3 rings (SSSR count). The summed E-state index contributed by atoms with van der Waals surface area (Å²) in [5.74, 6) is 2.09. The van der Waals surface area contributed by atoms with Crippen molar-refractivity contribution in [1.82, 2.24) is 0 Å². The summed E-state index contributed by atoms with van der Waals surface area (Å²) in [6.45, 7) is 6.77. The standard InChI is InChI=1S/C24H27BrO3Si/c1-24(2,3)29(19-12-8-6-9-13-19,20-14-10-7-11-15-20)28-18-16-21(26-4)23(25)22(17-18)27-5/h6-17H,1-5H3. The predicted octanol–water partition coefficient (Wildman–Crippen LogP) is 5.41. The minimum Gasteiger partial charge on any atom is -0.534 e. The molecule has 0 radical (unpaired) electrons. The maximum atomic E-state index is 7.04. The summed E-state index contributed by atoms with van der Waals surface area (Å²) >= 11 is 3.55. The van der Waals surface area contributed by atoms with Gasteiger partial charge in [0.2, 0.25) is 0 Å². The van der Waals surface area contributed by atoms with Crippen molar-refractivity contribution < 1.29 is 13.9 Å². The molecule has 3 aromatic rings. The molecule has 3 nitrogen and oxygen atoms in total. The molecule has 0 aliphatic carbocycles. The van der Waals surface area contributed by atoms with Crippen LogP contribution in [0.4, 0.5) is 0 Å². The Kier molecular flexibility index (Phi) is 6.39. The van der Waals surface area contributed by atoms with E-state index in [0.717, 1.165) is 10.2 Å². The molecule has 29 heavy (non-hydrogen) atoms. The first-order valence-electron chi connectivity index (χ1n) is 9.55. The smallest absolute Gasteiger partial charge is 0.319 e. The van der Waals surface area contributed by atoms with Crippen LogP contribution in [0.15, 0.2) is 77.3 Å². The van der Waals surface area contributed by atoms with Gasteiger partial charge < -0.3 is 13.9 Å². The second-order valence-electron chi connectivity index (χ2n) is 7.91. The highest BCUT2D eigenvalue weighted by atomic mass is 79.9. The predicted molar refractivity (Wildman–Crippen MR) is 125 cm³/mol. The highest BCUT2D eigenvalue weighted by Crippen LogP contribution is 2.42. The maximum Gasteiger partial charge on any atom is 0.319 e. The molecule has 0 saturated heterocycles. The molecule has 0 spiro atoms. The topological polar surface area (TPSA) is 27.7 Å². The fourth-order valence-corrected chi connectivity index (χ4v) is 8.69. The van der Waals surface area contributed by atoms with Crippen molar-refractivity contribution in [3.8, 4) is 17.2 Å². The zero-order valence-corrected chi connectivity index (χ0v) is 20.1. The van der Waals surface area contributed by atoms with Crippen LogP contribution in [0.2, 0.25) is 5.04 Å². The largest absolute Gasteiger partial charge is 0.534 e. The first-order chi connectivity index (χ1) is 13.8. The van der Waals surface area contributed by atoms with Gasteiger partial charge in [-0.15, -0.1) is 0 Å². The molecule has 0 heterocycles. The van der Waals surface area contributed by atoms with Crippen molar-refractivity contribution in [2.75, 3.05) is 14.2 Å². The molecular weight excluding hydrogens is 444 g/mol. The lowest BCUT2D eigenvalue weighted by Crippen LogP contribution is -2.68. The molecule has 0 fully saturated rings. The average molecular weight is 471 g/mol. The Morgan fingerprint density at radius 3 is 1.48 bits per heavy atom. The SMILES string of the molecule is COc1cc(O[Si](c2ccccc2)(c2ccccc2)C(C)(C)C)cc(OC)c1Br. The normalized spacial score (nSPS) is 11.8. The molecule has 0 aliphatic rings. The first-order valence-corrected chi connectivity index (χ1v) is 12.2. The molecule has 0 N–H and O–H groups in total. The summed E-state index contributed by atoms with van der Waals surface area (Å²) in [7, 11) is 0.585. The van der Waals surface area contributed by atoms with Crippen LogP contribution in [0.3, 0.4) is 0 Å². The molecule has 152 valence electrons. The maximum absolute atomic E-state index is 7.04. The van der Waals surface area contributed by atoms with Crippen LogP contribution in [0.1, 0.15) is 20.8 Å². The van der Waals surface area contributed by atoms with Gasteiger partial charge >= 0.3 is 8.32 Å². The number of halogens is 1. The van der Waals surface area contributed by atoms with Gasteiger partial charge in [0.25, 0.3) is 0 Å². The third kappa shape index (κ3) is 4.07. The summed E-state index contributed by atoms with van der Waals surface area (Å²) in [5.41, 5.74) is 0. The lowest BCUT2D eigenvalue weighted by molar-refractivity contribution is 0.384. The fourth-order valence-electron chi connectivity index (χ4n) is 3.73. The second kappa shape index (κ2) is 8.64. The van der Waals surface area contributed by atoms with Crippen molar-refractivity contribution >= 4 is 34.6 Å². The monoisotopic (exact) mass is 470 g/mol. The van der Waals surface area contributed by atoms with E-state index < -0.39 is 8.32 Å². The highest BCUT2D eigenvalue weighted by Gasteiger charge is 2.52. The van der Waals surface area contributed by atoms with E-state index in [1.807, 2.05) is 24.3 Å². The fraction of sp³-hybridized carbons (Fsp3) is 0.250. The van der Waals surface area contributed by atoms with Crippen LogP contribution >= 0.6 is 15.9 Å². The van der Waals surface area contributed by atoms with Gasteiger partial charge in [-0.2, -0.15) is 0 Å². The molecule has 0 atom stereocenters. The lowest BCUT2D eigenvalue weighted by Gasteiger charge is -2.43. The summed E-state index contributed by atoms with van der Waals surface area (Å²) in [5, 5.41) is 2.32. The van der Waals surface area contributed by atoms with Gasteiger partial charge in [0, 0.05) is 12.1 Å². The van der Waals surface area contributed by atoms with Gasteiger partial charge in [-0.3, -0.25) is 0 Å². The Labute approximate surface area is 182 Å². The zero-order valence-electron chi connectivity index (χ0n) is 17.5. The molecule has 0 aromatic heterocycles. The van der Waals surface area contributed by atoms with Gasteiger partial charge in [-0.05, 0) is 31.3 Å². The van der Waals surface area contributed by atoms with Crippen LogP contribution in [0.5, 0.6) is 17.2 Å². The van der Waals surface area contributed by atoms with E-state index >= 15 is 0 Å². The zero-order chi connectivity index (χ0) is 21.1. The third-order valence-electron chi connectivity index (χ3n) is 5.11. The molecule has 0 amide bonds. The lowest BCUT2D eigenvalue weighted by atomic mass is 10.2. The molecule has 0 bridgehead atoms. The van der Waals surface area contributed by atoms with E-state index in [-0.39, 0.29) is 5.04 Å². The van der Waals surface area contributed by atoms with E-state index in [1.54, 1.807) is 14.2 Å². The van der Waals surface area contributed by atoms with Gasteiger partial charge in [-0.25, -0.2) is 0 Å². The van der Waals surface area contributed by atoms with Crippen molar-refractivity contribution in [2.45, 2.75) is 25.8 Å². The van der Waals surface area contributed by atoms with Crippen LogP contribution in [0, 0.1) is 0 Å². The van der Waals surface area contributed by atoms with Crippen LogP contribution < -0.4 is 24.3 Å².